The Morgan fingerprint density at radius 3 is 3.07 bits per heavy atom. The van der Waals surface area contributed by atoms with E-state index >= 15 is 0 Å². The minimum atomic E-state index is -0.258. The molecule has 0 radical (unpaired) electrons. The number of ether oxygens (including phenoxy) is 3. The van der Waals surface area contributed by atoms with Crippen molar-refractivity contribution in [1.82, 2.24) is 15.8 Å². The van der Waals surface area contributed by atoms with E-state index in [0.717, 1.165) is 24.3 Å². The predicted octanol–water partition coefficient (Wildman–Crippen LogP) is 2.15. The summed E-state index contributed by atoms with van der Waals surface area (Å²) in [4.78, 5) is 15.1. The Bertz CT molecular complexity index is 766. The van der Waals surface area contributed by atoms with Crippen molar-refractivity contribution < 1.29 is 19.0 Å². The summed E-state index contributed by atoms with van der Waals surface area (Å²) in [6.07, 6.45) is 8.50. The van der Waals surface area contributed by atoms with E-state index in [2.05, 4.69) is 36.5 Å². The molecule has 3 aliphatic rings. The largest absolute Gasteiger partial charge is 0.492 e. The molecule has 150 valence electrons. The Hall–Kier alpha value is -2.51. The Morgan fingerprint density at radius 2 is 2.21 bits per heavy atom. The van der Waals surface area contributed by atoms with Crippen LogP contribution in [-0.4, -0.2) is 48.4 Å². The first-order valence-corrected chi connectivity index (χ1v) is 9.79. The van der Waals surface area contributed by atoms with E-state index in [1.165, 1.54) is 0 Å². The lowest BCUT2D eigenvalue weighted by Crippen LogP contribution is -2.53. The van der Waals surface area contributed by atoms with Gasteiger partial charge in [-0.25, -0.2) is 5.43 Å². The fourth-order valence-electron chi connectivity index (χ4n) is 3.99. The first-order chi connectivity index (χ1) is 13.7. The second kappa shape index (κ2) is 8.24. The maximum absolute atomic E-state index is 13.1. The zero-order chi connectivity index (χ0) is 19.5. The molecule has 1 aromatic rings. The zero-order valence-corrected chi connectivity index (χ0v) is 16.1. The average Bonchev–Trinajstić information content (AvgIpc) is 3.35. The predicted molar refractivity (Wildman–Crippen MR) is 105 cm³/mol. The molecule has 0 bridgehead atoms. The van der Waals surface area contributed by atoms with Crippen LogP contribution in [0.25, 0.3) is 0 Å². The summed E-state index contributed by atoms with van der Waals surface area (Å²) in [5.74, 6) is 2.28. The molecule has 3 aliphatic heterocycles. The second-order valence-electron chi connectivity index (χ2n) is 7.43. The molecule has 7 nitrogen and oxygen atoms in total. The van der Waals surface area contributed by atoms with E-state index in [1.54, 1.807) is 0 Å². The van der Waals surface area contributed by atoms with Crippen LogP contribution >= 0.6 is 0 Å². The molecule has 1 fully saturated rings. The number of rotatable bonds is 6. The minimum Gasteiger partial charge on any atom is -0.492 e. The standard InChI is InChI=1S/C21H27N3O4/c1-3-5-16-7-4-6-14(2)24(16)21(25)18-10-15(22-23-18)12-26-17-8-9-19-20(11-17)28-13-27-19/h3-4,6,8-9,11,14-16,18,22-23H,1,5,7,10,12-13H2,2H3/t14-,15?,16-,18?/m1/s1. The van der Waals surface area contributed by atoms with E-state index in [9.17, 15) is 4.79 Å². The van der Waals surface area contributed by atoms with Gasteiger partial charge in [0.2, 0.25) is 12.7 Å². The topological polar surface area (TPSA) is 72.1 Å². The molecule has 0 aliphatic carbocycles. The van der Waals surface area contributed by atoms with Gasteiger partial charge in [-0.15, -0.1) is 6.58 Å². The molecule has 0 saturated carbocycles. The lowest BCUT2D eigenvalue weighted by atomic mass is 9.98. The van der Waals surface area contributed by atoms with Crippen molar-refractivity contribution in [2.45, 2.75) is 50.4 Å². The summed E-state index contributed by atoms with van der Waals surface area (Å²) in [6.45, 7) is 6.60. The van der Waals surface area contributed by atoms with Crippen LogP contribution in [0.2, 0.25) is 0 Å². The summed E-state index contributed by atoms with van der Waals surface area (Å²) in [6, 6.07) is 5.59. The van der Waals surface area contributed by atoms with Gasteiger partial charge in [0.25, 0.3) is 0 Å². The number of carbonyl (C=O) groups is 1. The van der Waals surface area contributed by atoms with E-state index in [1.807, 2.05) is 29.2 Å². The summed E-state index contributed by atoms with van der Waals surface area (Å²) < 4.78 is 16.6. The van der Waals surface area contributed by atoms with Gasteiger partial charge in [0, 0.05) is 18.2 Å². The molecule has 28 heavy (non-hydrogen) atoms. The molecule has 7 heteroatoms. The zero-order valence-electron chi connectivity index (χ0n) is 16.1. The highest BCUT2D eigenvalue weighted by molar-refractivity contribution is 5.83. The van der Waals surface area contributed by atoms with Crippen LogP contribution in [0, 0.1) is 0 Å². The van der Waals surface area contributed by atoms with Crippen molar-refractivity contribution in [2.24, 2.45) is 0 Å². The first-order valence-electron chi connectivity index (χ1n) is 9.79. The van der Waals surface area contributed by atoms with Crippen LogP contribution in [0.5, 0.6) is 17.2 Å². The number of carbonyl (C=O) groups excluding carboxylic acids is 1. The second-order valence-corrected chi connectivity index (χ2v) is 7.43. The molecule has 4 rings (SSSR count). The number of hydrazine groups is 1. The van der Waals surface area contributed by atoms with Crippen molar-refractivity contribution >= 4 is 5.91 Å². The number of nitrogens with zero attached hydrogens (tertiary/aromatic N) is 1. The lowest BCUT2D eigenvalue weighted by Gasteiger charge is -2.38. The van der Waals surface area contributed by atoms with Crippen molar-refractivity contribution in [3.8, 4) is 17.2 Å². The highest BCUT2D eigenvalue weighted by atomic mass is 16.7. The van der Waals surface area contributed by atoms with Gasteiger partial charge in [0.1, 0.15) is 18.4 Å². The quantitative estimate of drug-likeness (QED) is 0.731. The molecule has 1 saturated heterocycles. The minimum absolute atomic E-state index is 0.0490. The molecule has 4 atom stereocenters. The third-order valence-electron chi connectivity index (χ3n) is 5.42. The molecule has 3 heterocycles. The maximum atomic E-state index is 13.1. The Morgan fingerprint density at radius 1 is 1.36 bits per heavy atom. The monoisotopic (exact) mass is 385 g/mol. The van der Waals surface area contributed by atoms with Gasteiger partial charge in [-0.2, -0.15) is 0 Å². The number of hydrogen-bond donors (Lipinski definition) is 2. The van der Waals surface area contributed by atoms with Crippen LogP contribution < -0.4 is 25.1 Å². The van der Waals surface area contributed by atoms with Gasteiger partial charge in [-0.1, -0.05) is 18.2 Å². The summed E-state index contributed by atoms with van der Waals surface area (Å²) in [7, 11) is 0. The van der Waals surface area contributed by atoms with Crippen LogP contribution in [0.4, 0.5) is 0 Å². The van der Waals surface area contributed by atoms with Gasteiger partial charge in [-0.05, 0) is 38.3 Å². The van der Waals surface area contributed by atoms with Crippen LogP contribution in [-0.2, 0) is 4.79 Å². The smallest absolute Gasteiger partial charge is 0.241 e. The third kappa shape index (κ3) is 3.86. The van der Waals surface area contributed by atoms with Gasteiger partial charge >= 0.3 is 0 Å². The fourth-order valence-corrected chi connectivity index (χ4v) is 3.99. The van der Waals surface area contributed by atoms with Crippen LogP contribution in [0.1, 0.15) is 26.2 Å². The van der Waals surface area contributed by atoms with Crippen molar-refractivity contribution in [1.29, 1.82) is 0 Å². The number of amides is 1. The van der Waals surface area contributed by atoms with E-state index in [4.69, 9.17) is 14.2 Å². The molecule has 2 unspecified atom stereocenters. The lowest BCUT2D eigenvalue weighted by molar-refractivity contribution is -0.137. The Balaban J connectivity index is 1.32. The summed E-state index contributed by atoms with van der Waals surface area (Å²) >= 11 is 0. The Labute approximate surface area is 165 Å². The molecule has 1 aromatic carbocycles. The maximum Gasteiger partial charge on any atom is 0.241 e. The van der Waals surface area contributed by atoms with Gasteiger partial charge in [0.05, 0.1) is 6.04 Å². The normalized spacial score (nSPS) is 28.4. The van der Waals surface area contributed by atoms with Gasteiger partial charge in [-0.3, -0.25) is 10.2 Å². The summed E-state index contributed by atoms with van der Waals surface area (Å²) in [5, 5.41) is 0. The molecular weight excluding hydrogens is 358 g/mol. The fraction of sp³-hybridized carbons (Fsp3) is 0.476. The highest BCUT2D eigenvalue weighted by Gasteiger charge is 2.37. The molecule has 1 amide bonds. The first kappa shape index (κ1) is 18.8. The third-order valence-corrected chi connectivity index (χ3v) is 5.42. The average molecular weight is 385 g/mol. The number of nitrogens with one attached hydrogen (secondary N) is 2. The van der Waals surface area contributed by atoms with Crippen LogP contribution in [0.3, 0.4) is 0 Å². The highest BCUT2D eigenvalue weighted by Crippen LogP contribution is 2.35. The summed E-state index contributed by atoms with van der Waals surface area (Å²) in [5.41, 5.74) is 6.34. The number of hydrogen-bond acceptors (Lipinski definition) is 6. The molecule has 0 spiro atoms. The molecular formula is C21H27N3O4. The van der Waals surface area contributed by atoms with Crippen LogP contribution in [0.15, 0.2) is 43.0 Å². The van der Waals surface area contributed by atoms with E-state index < -0.39 is 0 Å². The van der Waals surface area contributed by atoms with Crippen molar-refractivity contribution in [2.75, 3.05) is 13.4 Å². The Kier molecular flexibility index (Phi) is 5.54. The molecule has 0 aromatic heterocycles. The van der Waals surface area contributed by atoms with Gasteiger partial charge < -0.3 is 19.1 Å². The van der Waals surface area contributed by atoms with E-state index in [0.29, 0.717) is 18.8 Å². The SMILES string of the molecule is C=CC[C@@H]1CC=C[C@@H](C)N1C(=O)C1CC(COc2ccc3c(c2)OCO3)NN1. The number of benzene rings is 1. The van der Waals surface area contributed by atoms with E-state index in [-0.39, 0.29) is 36.9 Å². The number of fused-ring (bicyclic) bond motifs is 1. The molecule has 2 N–H and O–H groups in total. The van der Waals surface area contributed by atoms with Crippen molar-refractivity contribution in [3.63, 3.8) is 0 Å². The van der Waals surface area contributed by atoms with Crippen molar-refractivity contribution in [3.05, 3.63) is 43.0 Å². The van der Waals surface area contributed by atoms with Gasteiger partial charge in [0.15, 0.2) is 11.5 Å².